The van der Waals surface area contributed by atoms with Crippen LogP contribution in [0.2, 0.25) is 0 Å². The number of likely N-dealkylation sites (N-methyl/N-ethyl adjacent to an activating group) is 1. The molecule has 98 valence electrons. The van der Waals surface area contributed by atoms with Crippen LogP contribution in [0.5, 0.6) is 0 Å². The maximum atomic E-state index is 12.0. The number of carbonyl (C=O) groups excluding carboxylic acids is 1. The molecule has 1 amide bonds. The number of hydrogen-bond acceptors (Lipinski definition) is 3. The molecule has 1 atom stereocenters. The average Bonchev–Trinajstić information content (AvgIpc) is 2.66. The number of amides is 1. The van der Waals surface area contributed by atoms with Crippen molar-refractivity contribution >= 4 is 29.7 Å². The summed E-state index contributed by atoms with van der Waals surface area (Å²) < 4.78 is 0. The van der Waals surface area contributed by atoms with E-state index in [0.717, 1.165) is 0 Å². The van der Waals surface area contributed by atoms with Gasteiger partial charge in [-0.3, -0.25) is 4.79 Å². The van der Waals surface area contributed by atoms with Crippen molar-refractivity contribution in [2.24, 2.45) is 11.1 Å². The number of halogens is 1. The Labute approximate surface area is 113 Å². The summed E-state index contributed by atoms with van der Waals surface area (Å²) in [5, 5.41) is 2.01. The molecule has 2 N–H and O–H groups in total. The van der Waals surface area contributed by atoms with Gasteiger partial charge in [-0.25, -0.2) is 0 Å². The summed E-state index contributed by atoms with van der Waals surface area (Å²) in [6, 6.07) is 3.57. The molecule has 1 aromatic rings. The first-order chi connectivity index (χ1) is 7.32. The molecule has 0 saturated carbocycles. The summed E-state index contributed by atoms with van der Waals surface area (Å²) in [4.78, 5) is 14.9. The van der Waals surface area contributed by atoms with Crippen LogP contribution in [0.3, 0.4) is 0 Å². The van der Waals surface area contributed by atoms with Crippen LogP contribution >= 0.6 is 23.7 Å². The molecule has 0 radical (unpaired) electrons. The van der Waals surface area contributed by atoms with Crippen LogP contribution in [0, 0.1) is 5.41 Å². The molecule has 0 aliphatic rings. The van der Waals surface area contributed by atoms with Gasteiger partial charge in [0.1, 0.15) is 0 Å². The van der Waals surface area contributed by atoms with Crippen LogP contribution in [0.1, 0.15) is 25.6 Å². The zero-order chi connectivity index (χ0) is 12.3. The second-order valence-corrected chi connectivity index (χ2v) is 6.15. The maximum Gasteiger partial charge on any atom is 0.240 e. The molecule has 0 aliphatic heterocycles. The van der Waals surface area contributed by atoms with Crippen LogP contribution < -0.4 is 5.73 Å². The van der Waals surface area contributed by atoms with Crippen molar-refractivity contribution in [1.82, 2.24) is 4.90 Å². The van der Waals surface area contributed by atoms with E-state index < -0.39 is 6.04 Å². The molecule has 0 aromatic carbocycles. The van der Waals surface area contributed by atoms with Crippen molar-refractivity contribution < 1.29 is 4.79 Å². The van der Waals surface area contributed by atoms with Gasteiger partial charge in [-0.2, -0.15) is 0 Å². The van der Waals surface area contributed by atoms with Crippen molar-refractivity contribution in [3.8, 4) is 0 Å². The summed E-state index contributed by atoms with van der Waals surface area (Å²) in [6.07, 6.45) is 0. The summed E-state index contributed by atoms with van der Waals surface area (Å²) in [5.74, 6) is 0.000833. The molecular weight excluding hydrogens is 256 g/mol. The Bertz CT molecular complexity index is 346. The van der Waals surface area contributed by atoms with Gasteiger partial charge < -0.3 is 10.6 Å². The first kappa shape index (κ1) is 16.4. The molecule has 1 heterocycles. The Morgan fingerprint density at radius 2 is 2.12 bits per heavy atom. The van der Waals surface area contributed by atoms with Crippen LogP contribution in [-0.4, -0.2) is 23.9 Å². The van der Waals surface area contributed by atoms with E-state index in [0.29, 0.717) is 6.54 Å². The topological polar surface area (TPSA) is 46.3 Å². The maximum absolute atomic E-state index is 12.0. The highest BCUT2D eigenvalue weighted by Crippen LogP contribution is 2.20. The highest BCUT2D eigenvalue weighted by Gasteiger charge is 2.29. The van der Waals surface area contributed by atoms with Gasteiger partial charge in [0, 0.05) is 11.9 Å². The third-order valence-corrected chi connectivity index (χ3v) is 3.41. The van der Waals surface area contributed by atoms with Crippen LogP contribution in [0.4, 0.5) is 0 Å². The number of nitrogens with two attached hydrogens (primary N) is 1. The van der Waals surface area contributed by atoms with E-state index in [1.54, 1.807) is 23.3 Å². The van der Waals surface area contributed by atoms with Gasteiger partial charge in [0.2, 0.25) is 5.91 Å². The zero-order valence-corrected chi connectivity index (χ0v) is 12.4. The van der Waals surface area contributed by atoms with Crippen molar-refractivity contribution in [3.05, 3.63) is 22.4 Å². The molecule has 0 spiro atoms. The molecule has 0 bridgehead atoms. The van der Waals surface area contributed by atoms with E-state index in [9.17, 15) is 4.79 Å². The predicted molar refractivity (Wildman–Crippen MR) is 75.5 cm³/mol. The Morgan fingerprint density at radius 3 is 2.53 bits per heavy atom. The smallest absolute Gasteiger partial charge is 0.240 e. The molecule has 0 unspecified atom stereocenters. The highest BCUT2D eigenvalue weighted by atomic mass is 35.5. The van der Waals surface area contributed by atoms with E-state index >= 15 is 0 Å². The summed E-state index contributed by atoms with van der Waals surface area (Å²) in [7, 11) is 1.80. The number of hydrogen-bond donors (Lipinski definition) is 1. The minimum absolute atomic E-state index is 0. The van der Waals surface area contributed by atoms with Gasteiger partial charge in [0.05, 0.1) is 12.6 Å². The van der Waals surface area contributed by atoms with Gasteiger partial charge in [-0.1, -0.05) is 26.8 Å². The second-order valence-electron chi connectivity index (χ2n) is 5.12. The first-order valence-corrected chi connectivity index (χ1v) is 6.23. The second kappa shape index (κ2) is 6.38. The normalized spacial score (nSPS) is 12.8. The SMILES string of the molecule is CN(Cc1cccs1)C(=O)[C@@H](N)C(C)(C)C.Cl. The molecule has 0 fully saturated rings. The third kappa shape index (κ3) is 4.66. The lowest BCUT2D eigenvalue weighted by molar-refractivity contribution is -0.134. The van der Waals surface area contributed by atoms with E-state index in [1.807, 2.05) is 38.3 Å². The monoisotopic (exact) mass is 276 g/mol. The van der Waals surface area contributed by atoms with Gasteiger partial charge in [0.25, 0.3) is 0 Å². The number of carbonyl (C=O) groups is 1. The van der Waals surface area contributed by atoms with Crippen molar-refractivity contribution in [2.75, 3.05) is 7.05 Å². The number of nitrogens with zero attached hydrogens (tertiary/aromatic N) is 1. The quantitative estimate of drug-likeness (QED) is 0.922. The van der Waals surface area contributed by atoms with Crippen LogP contribution in [-0.2, 0) is 11.3 Å². The summed E-state index contributed by atoms with van der Waals surface area (Å²) >= 11 is 1.65. The molecule has 1 aromatic heterocycles. The molecule has 3 nitrogen and oxygen atoms in total. The molecular formula is C12H21ClN2OS. The molecule has 5 heteroatoms. The van der Waals surface area contributed by atoms with Gasteiger partial charge in [-0.05, 0) is 16.9 Å². The van der Waals surface area contributed by atoms with Gasteiger partial charge in [0.15, 0.2) is 0 Å². The largest absolute Gasteiger partial charge is 0.339 e. The lowest BCUT2D eigenvalue weighted by Crippen LogP contribution is -2.48. The van der Waals surface area contributed by atoms with E-state index in [1.165, 1.54) is 4.88 Å². The molecule has 1 rings (SSSR count). The van der Waals surface area contributed by atoms with Crippen LogP contribution in [0.15, 0.2) is 17.5 Å². The average molecular weight is 277 g/mol. The minimum atomic E-state index is -0.447. The minimum Gasteiger partial charge on any atom is -0.339 e. The number of thiophene rings is 1. The van der Waals surface area contributed by atoms with E-state index in [-0.39, 0.29) is 23.7 Å². The predicted octanol–water partition coefficient (Wildman–Crippen LogP) is 2.50. The highest BCUT2D eigenvalue weighted by molar-refractivity contribution is 7.09. The van der Waals surface area contributed by atoms with E-state index in [2.05, 4.69) is 0 Å². The Morgan fingerprint density at radius 1 is 1.53 bits per heavy atom. The van der Waals surface area contributed by atoms with Gasteiger partial charge >= 0.3 is 0 Å². The first-order valence-electron chi connectivity index (χ1n) is 5.35. The van der Waals surface area contributed by atoms with Crippen LogP contribution in [0.25, 0.3) is 0 Å². The molecule has 0 aliphatic carbocycles. The Hall–Kier alpha value is -0.580. The lowest BCUT2D eigenvalue weighted by Gasteiger charge is -2.29. The fraction of sp³-hybridized carbons (Fsp3) is 0.583. The standard InChI is InChI=1S/C12H20N2OS.ClH/c1-12(2,3)10(13)11(15)14(4)8-9-6-5-7-16-9;/h5-7,10H,8,13H2,1-4H3;1H/t10-;/m1./s1. The molecule has 17 heavy (non-hydrogen) atoms. The van der Waals surface area contributed by atoms with E-state index in [4.69, 9.17) is 5.73 Å². The van der Waals surface area contributed by atoms with Crippen molar-refractivity contribution in [1.29, 1.82) is 0 Å². The Balaban J connectivity index is 0.00000256. The van der Waals surface area contributed by atoms with Crippen molar-refractivity contribution in [3.63, 3.8) is 0 Å². The summed E-state index contributed by atoms with van der Waals surface area (Å²) in [6.45, 7) is 6.58. The summed E-state index contributed by atoms with van der Waals surface area (Å²) in [5.41, 5.74) is 5.74. The zero-order valence-electron chi connectivity index (χ0n) is 10.8. The lowest BCUT2D eigenvalue weighted by atomic mass is 9.86. The Kier molecular flexibility index (Phi) is 6.16. The fourth-order valence-electron chi connectivity index (χ4n) is 1.32. The third-order valence-electron chi connectivity index (χ3n) is 2.55. The molecule has 0 saturated heterocycles. The van der Waals surface area contributed by atoms with Crippen molar-refractivity contribution in [2.45, 2.75) is 33.4 Å². The fourth-order valence-corrected chi connectivity index (χ4v) is 2.08. The van der Waals surface area contributed by atoms with Gasteiger partial charge in [-0.15, -0.1) is 23.7 Å². The number of rotatable bonds is 3.